The van der Waals surface area contributed by atoms with Crippen molar-refractivity contribution in [2.45, 2.75) is 64.3 Å². The molecule has 0 aliphatic heterocycles. The van der Waals surface area contributed by atoms with Crippen LogP contribution in [0.4, 0.5) is 0 Å². The molecule has 1 fully saturated rings. The molecule has 1 saturated carbocycles. The number of amidine groups is 1. The highest BCUT2D eigenvalue weighted by Gasteiger charge is 2.09. The molecule has 0 atom stereocenters. The van der Waals surface area contributed by atoms with Gasteiger partial charge in [-0.1, -0.05) is 39.0 Å². The van der Waals surface area contributed by atoms with E-state index in [1.54, 1.807) is 0 Å². The Labute approximate surface area is 81.6 Å². The van der Waals surface area contributed by atoms with Crippen molar-refractivity contribution in [2.75, 3.05) is 0 Å². The van der Waals surface area contributed by atoms with Crippen molar-refractivity contribution in [1.82, 2.24) is 0 Å². The molecule has 2 nitrogen and oxygen atoms in total. The predicted octanol–water partition coefficient (Wildman–Crippen LogP) is 2.87. The summed E-state index contributed by atoms with van der Waals surface area (Å²) >= 11 is 0. The van der Waals surface area contributed by atoms with Crippen LogP contribution in [0.15, 0.2) is 4.99 Å². The zero-order chi connectivity index (χ0) is 9.52. The number of hydrogen-bond donors (Lipinski definition) is 1. The van der Waals surface area contributed by atoms with Crippen molar-refractivity contribution in [1.29, 1.82) is 0 Å². The van der Waals surface area contributed by atoms with E-state index in [4.69, 9.17) is 5.73 Å². The minimum atomic E-state index is 0.528. The highest BCUT2D eigenvalue weighted by atomic mass is 14.9. The molecular weight excluding hydrogens is 160 g/mol. The molecule has 0 amide bonds. The fourth-order valence-corrected chi connectivity index (χ4v) is 1.89. The molecule has 0 bridgehead atoms. The van der Waals surface area contributed by atoms with E-state index in [2.05, 4.69) is 11.9 Å². The Morgan fingerprint density at radius 1 is 1.15 bits per heavy atom. The summed E-state index contributed by atoms with van der Waals surface area (Å²) in [5.74, 6) is 0.838. The van der Waals surface area contributed by atoms with Gasteiger partial charge in [-0.3, -0.25) is 4.99 Å². The van der Waals surface area contributed by atoms with Crippen molar-refractivity contribution < 1.29 is 0 Å². The molecule has 2 heteroatoms. The molecule has 76 valence electrons. The first kappa shape index (κ1) is 10.6. The van der Waals surface area contributed by atoms with E-state index < -0.39 is 0 Å². The summed E-state index contributed by atoms with van der Waals surface area (Å²) in [6.45, 7) is 2.07. The van der Waals surface area contributed by atoms with Crippen LogP contribution < -0.4 is 5.73 Å². The molecule has 0 unspecified atom stereocenters. The van der Waals surface area contributed by atoms with Crippen LogP contribution >= 0.6 is 0 Å². The monoisotopic (exact) mass is 182 g/mol. The van der Waals surface area contributed by atoms with Crippen LogP contribution in [-0.4, -0.2) is 11.9 Å². The Bertz CT molecular complexity index is 155. The number of nitrogens with two attached hydrogens (primary N) is 1. The highest BCUT2D eigenvalue weighted by Crippen LogP contribution is 2.19. The average Bonchev–Trinajstić information content (AvgIpc) is 2.09. The van der Waals surface area contributed by atoms with Crippen molar-refractivity contribution in [3.05, 3.63) is 0 Å². The second-order valence-electron chi connectivity index (χ2n) is 3.97. The molecule has 1 aliphatic carbocycles. The fraction of sp³-hybridized carbons (Fsp3) is 0.909. The zero-order valence-corrected chi connectivity index (χ0v) is 8.76. The lowest BCUT2D eigenvalue weighted by Gasteiger charge is -2.16. The van der Waals surface area contributed by atoms with Gasteiger partial charge in [0, 0.05) is 6.42 Å². The standard InChI is InChI=1S/C11H22N2/c1-2-11(12)13-10-8-6-4-3-5-7-9-10/h10H,2-9H2,1H3,(H2,12,13). The summed E-state index contributed by atoms with van der Waals surface area (Å²) in [7, 11) is 0. The molecule has 0 spiro atoms. The minimum Gasteiger partial charge on any atom is -0.387 e. The minimum absolute atomic E-state index is 0.528. The van der Waals surface area contributed by atoms with E-state index >= 15 is 0 Å². The SMILES string of the molecule is CCC(N)=NC1CCCCCCC1. The number of hydrogen-bond acceptors (Lipinski definition) is 1. The van der Waals surface area contributed by atoms with Crippen molar-refractivity contribution in [2.24, 2.45) is 10.7 Å². The molecule has 0 heterocycles. The van der Waals surface area contributed by atoms with Crippen LogP contribution in [0.3, 0.4) is 0 Å². The molecule has 0 aromatic rings. The quantitative estimate of drug-likeness (QED) is 0.517. The van der Waals surface area contributed by atoms with Crippen LogP contribution in [0.25, 0.3) is 0 Å². The van der Waals surface area contributed by atoms with Gasteiger partial charge in [0.05, 0.1) is 11.9 Å². The van der Waals surface area contributed by atoms with Crippen molar-refractivity contribution in [3.63, 3.8) is 0 Å². The van der Waals surface area contributed by atoms with Gasteiger partial charge < -0.3 is 5.73 Å². The number of aliphatic imine (C=N–C) groups is 1. The van der Waals surface area contributed by atoms with Gasteiger partial charge >= 0.3 is 0 Å². The summed E-state index contributed by atoms with van der Waals surface area (Å²) in [5, 5.41) is 0. The van der Waals surface area contributed by atoms with Gasteiger partial charge in [-0.2, -0.15) is 0 Å². The molecule has 0 aromatic carbocycles. The summed E-state index contributed by atoms with van der Waals surface area (Å²) < 4.78 is 0. The maximum atomic E-state index is 5.74. The van der Waals surface area contributed by atoms with E-state index in [0.717, 1.165) is 12.3 Å². The first-order valence-corrected chi connectivity index (χ1v) is 5.65. The highest BCUT2D eigenvalue weighted by molar-refractivity contribution is 5.80. The van der Waals surface area contributed by atoms with E-state index in [9.17, 15) is 0 Å². The maximum Gasteiger partial charge on any atom is 0.0937 e. The van der Waals surface area contributed by atoms with Crippen LogP contribution in [0.1, 0.15) is 58.3 Å². The normalized spacial score (nSPS) is 22.4. The number of nitrogens with zero attached hydrogens (tertiary/aromatic N) is 1. The summed E-state index contributed by atoms with van der Waals surface area (Å²) in [5.41, 5.74) is 5.74. The number of rotatable bonds is 2. The van der Waals surface area contributed by atoms with E-state index in [-0.39, 0.29) is 0 Å². The van der Waals surface area contributed by atoms with Gasteiger partial charge in [-0.15, -0.1) is 0 Å². The fourth-order valence-electron chi connectivity index (χ4n) is 1.89. The van der Waals surface area contributed by atoms with Crippen LogP contribution in [0.2, 0.25) is 0 Å². The van der Waals surface area contributed by atoms with E-state index in [1.807, 2.05) is 0 Å². The van der Waals surface area contributed by atoms with Crippen molar-refractivity contribution in [3.8, 4) is 0 Å². The third-order valence-corrected chi connectivity index (χ3v) is 2.79. The van der Waals surface area contributed by atoms with Gasteiger partial charge in [0.2, 0.25) is 0 Å². The summed E-state index contributed by atoms with van der Waals surface area (Å²) in [6, 6.07) is 0.528. The molecule has 1 aliphatic rings. The van der Waals surface area contributed by atoms with Gasteiger partial charge in [0.15, 0.2) is 0 Å². The Hall–Kier alpha value is -0.530. The Kier molecular flexibility index (Phi) is 4.87. The lowest BCUT2D eigenvalue weighted by Crippen LogP contribution is -2.16. The topological polar surface area (TPSA) is 38.4 Å². The molecule has 0 aromatic heterocycles. The maximum absolute atomic E-state index is 5.74. The van der Waals surface area contributed by atoms with Crippen LogP contribution in [0, 0.1) is 0 Å². The Balaban J connectivity index is 2.37. The second kappa shape index (κ2) is 6.01. The first-order chi connectivity index (χ1) is 6.33. The third-order valence-electron chi connectivity index (χ3n) is 2.79. The van der Waals surface area contributed by atoms with E-state index in [1.165, 1.54) is 44.9 Å². The lowest BCUT2D eigenvalue weighted by molar-refractivity contribution is 0.454. The third kappa shape index (κ3) is 4.30. The molecule has 13 heavy (non-hydrogen) atoms. The smallest absolute Gasteiger partial charge is 0.0937 e. The Morgan fingerprint density at radius 3 is 2.23 bits per heavy atom. The summed E-state index contributed by atoms with van der Waals surface area (Å²) in [6.07, 6.45) is 10.3. The predicted molar refractivity (Wildman–Crippen MR) is 58.0 cm³/mol. The molecule has 2 N–H and O–H groups in total. The van der Waals surface area contributed by atoms with E-state index in [0.29, 0.717) is 6.04 Å². The molecule has 0 radical (unpaired) electrons. The molecule has 0 saturated heterocycles. The summed E-state index contributed by atoms with van der Waals surface area (Å²) in [4.78, 5) is 4.55. The van der Waals surface area contributed by atoms with Gasteiger partial charge in [-0.25, -0.2) is 0 Å². The average molecular weight is 182 g/mol. The lowest BCUT2D eigenvalue weighted by atomic mass is 9.97. The second-order valence-corrected chi connectivity index (χ2v) is 3.97. The van der Waals surface area contributed by atoms with Crippen LogP contribution in [-0.2, 0) is 0 Å². The van der Waals surface area contributed by atoms with Gasteiger partial charge in [0.1, 0.15) is 0 Å². The van der Waals surface area contributed by atoms with Crippen LogP contribution in [0.5, 0.6) is 0 Å². The molecule has 1 rings (SSSR count). The van der Waals surface area contributed by atoms with Crippen molar-refractivity contribution >= 4 is 5.84 Å². The molecular formula is C11H22N2. The van der Waals surface area contributed by atoms with Gasteiger partial charge in [-0.05, 0) is 12.8 Å². The zero-order valence-electron chi connectivity index (χ0n) is 8.76. The first-order valence-electron chi connectivity index (χ1n) is 5.65. The largest absolute Gasteiger partial charge is 0.387 e. The van der Waals surface area contributed by atoms with Gasteiger partial charge in [0.25, 0.3) is 0 Å². The Morgan fingerprint density at radius 2 is 1.69 bits per heavy atom.